The van der Waals surface area contributed by atoms with Crippen molar-refractivity contribution >= 4 is 57.2 Å². The summed E-state index contributed by atoms with van der Waals surface area (Å²) in [5, 5.41) is 4.45. The van der Waals surface area contributed by atoms with Crippen LogP contribution in [0.3, 0.4) is 0 Å². The number of fused-ring (bicyclic) bond motifs is 1. The van der Waals surface area contributed by atoms with E-state index < -0.39 is 0 Å². The van der Waals surface area contributed by atoms with Crippen molar-refractivity contribution in [1.82, 2.24) is 9.97 Å². The summed E-state index contributed by atoms with van der Waals surface area (Å²) in [5.74, 6) is 0.471. The van der Waals surface area contributed by atoms with E-state index in [-0.39, 0.29) is 11.2 Å². The second-order valence-electron chi connectivity index (χ2n) is 6.41. The van der Waals surface area contributed by atoms with Gasteiger partial charge in [0.15, 0.2) is 0 Å². The zero-order chi connectivity index (χ0) is 20.4. The van der Waals surface area contributed by atoms with Gasteiger partial charge in [0.05, 0.1) is 5.52 Å². The number of rotatable bonds is 4. The molecule has 0 saturated carbocycles. The molecule has 29 heavy (non-hydrogen) atoms. The molecule has 1 N–H and O–H groups in total. The number of hydrogen-bond donors (Lipinski definition) is 1. The van der Waals surface area contributed by atoms with E-state index in [1.165, 1.54) is 0 Å². The average molecular weight is 423 g/mol. The Balaban J connectivity index is 1.67. The molecule has 1 heterocycles. The number of nitrogens with zero attached hydrogens (tertiary/aromatic N) is 3. The first kappa shape index (κ1) is 19.2. The number of carbonyl (C=O) groups excluding carboxylic acids is 1. The summed E-state index contributed by atoms with van der Waals surface area (Å²) in [6.45, 7) is 0. The third-order valence-corrected chi connectivity index (χ3v) is 4.86. The molecule has 0 aliphatic rings. The molecule has 5 nitrogen and oxygen atoms in total. The third-order valence-electron chi connectivity index (χ3n) is 4.46. The van der Waals surface area contributed by atoms with Gasteiger partial charge in [-0.25, -0.2) is 4.98 Å². The number of aromatic nitrogens is 2. The van der Waals surface area contributed by atoms with Crippen LogP contribution < -0.4 is 10.2 Å². The maximum Gasteiger partial charge on any atom is 0.255 e. The van der Waals surface area contributed by atoms with Gasteiger partial charge in [-0.3, -0.25) is 4.79 Å². The predicted molar refractivity (Wildman–Crippen MR) is 118 cm³/mol. The number of anilines is 3. The van der Waals surface area contributed by atoms with Crippen molar-refractivity contribution in [1.29, 1.82) is 0 Å². The molecule has 0 spiro atoms. The second-order valence-corrected chi connectivity index (χ2v) is 7.18. The average Bonchev–Trinajstić information content (AvgIpc) is 2.73. The molecule has 0 atom stereocenters. The number of benzene rings is 3. The van der Waals surface area contributed by atoms with Crippen LogP contribution in [0.25, 0.3) is 10.9 Å². The highest BCUT2D eigenvalue weighted by molar-refractivity contribution is 6.31. The zero-order valence-corrected chi connectivity index (χ0v) is 16.9. The van der Waals surface area contributed by atoms with E-state index in [1.807, 2.05) is 60.5 Å². The predicted octanol–water partition coefficient (Wildman–Crippen LogP) is 5.96. The van der Waals surface area contributed by atoms with Gasteiger partial charge in [0.25, 0.3) is 5.91 Å². The number of nitrogens with one attached hydrogen (secondary N) is 1. The van der Waals surface area contributed by atoms with E-state index in [0.29, 0.717) is 27.6 Å². The van der Waals surface area contributed by atoms with Crippen molar-refractivity contribution in [3.63, 3.8) is 0 Å². The van der Waals surface area contributed by atoms with Crippen molar-refractivity contribution in [2.45, 2.75) is 0 Å². The fourth-order valence-corrected chi connectivity index (χ4v) is 3.36. The van der Waals surface area contributed by atoms with Gasteiger partial charge in [-0.2, -0.15) is 4.98 Å². The fourth-order valence-electron chi connectivity index (χ4n) is 3.02. The number of carbonyl (C=O) groups is 1. The normalized spacial score (nSPS) is 10.7. The summed E-state index contributed by atoms with van der Waals surface area (Å²) in [7, 11) is 1.88. The lowest BCUT2D eigenvalue weighted by molar-refractivity contribution is 0.102. The van der Waals surface area contributed by atoms with Crippen LogP contribution in [0.15, 0.2) is 72.8 Å². The highest BCUT2D eigenvalue weighted by Crippen LogP contribution is 2.32. The van der Waals surface area contributed by atoms with Gasteiger partial charge < -0.3 is 10.2 Å². The van der Waals surface area contributed by atoms with E-state index in [2.05, 4.69) is 15.3 Å². The molecule has 0 aliphatic heterocycles. The maximum absolute atomic E-state index is 12.4. The van der Waals surface area contributed by atoms with Crippen molar-refractivity contribution in [2.75, 3.05) is 17.3 Å². The van der Waals surface area contributed by atoms with Gasteiger partial charge in [0.1, 0.15) is 5.82 Å². The second kappa shape index (κ2) is 8.07. The first-order valence-corrected chi connectivity index (χ1v) is 9.60. The minimum absolute atomic E-state index is 0.134. The molecular formula is C22H16Cl2N4O. The zero-order valence-electron chi connectivity index (χ0n) is 15.4. The van der Waals surface area contributed by atoms with Crippen LogP contribution in [0.5, 0.6) is 0 Å². The molecule has 4 rings (SSSR count). The Morgan fingerprint density at radius 2 is 1.72 bits per heavy atom. The SMILES string of the molecule is CN(c1cccc(NC(=O)c2ccccc2)c1)c1nc(Cl)nc2cc(Cl)ccc12. The molecule has 1 amide bonds. The molecule has 144 valence electrons. The molecule has 0 aliphatic carbocycles. The van der Waals surface area contributed by atoms with Crippen LogP contribution in [-0.4, -0.2) is 22.9 Å². The van der Waals surface area contributed by atoms with Crippen molar-refractivity contribution < 1.29 is 4.79 Å². The lowest BCUT2D eigenvalue weighted by Gasteiger charge is -2.21. The van der Waals surface area contributed by atoms with Gasteiger partial charge in [0.2, 0.25) is 5.28 Å². The Kier molecular flexibility index (Phi) is 5.34. The lowest BCUT2D eigenvalue weighted by Crippen LogP contribution is -2.14. The van der Waals surface area contributed by atoms with E-state index in [4.69, 9.17) is 23.2 Å². The lowest BCUT2D eigenvalue weighted by atomic mass is 10.2. The third kappa shape index (κ3) is 4.16. The molecule has 0 bridgehead atoms. The molecule has 0 radical (unpaired) electrons. The number of amides is 1. The molecule has 0 fully saturated rings. The van der Waals surface area contributed by atoms with Crippen LogP contribution in [0, 0.1) is 0 Å². The molecule has 1 aromatic heterocycles. The molecule has 0 saturated heterocycles. The van der Waals surface area contributed by atoms with Crippen molar-refractivity contribution in [3.05, 3.63) is 88.7 Å². The van der Waals surface area contributed by atoms with Gasteiger partial charge in [-0.1, -0.05) is 35.9 Å². The van der Waals surface area contributed by atoms with E-state index >= 15 is 0 Å². The maximum atomic E-state index is 12.4. The highest BCUT2D eigenvalue weighted by atomic mass is 35.5. The van der Waals surface area contributed by atoms with Crippen LogP contribution >= 0.6 is 23.2 Å². The highest BCUT2D eigenvalue weighted by Gasteiger charge is 2.14. The van der Waals surface area contributed by atoms with Crippen LogP contribution in [0.1, 0.15) is 10.4 Å². The topological polar surface area (TPSA) is 58.1 Å². The molecule has 4 aromatic rings. The van der Waals surface area contributed by atoms with Crippen LogP contribution in [-0.2, 0) is 0 Å². The molecule has 0 unspecified atom stereocenters. The Bertz CT molecular complexity index is 1190. The monoisotopic (exact) mass is 422 g/mol. The van der Waals surface area contributed by atoms with Gasteiger partial charge in [-0.05, 0) is 60.1 Å². The Hall–Kier alpha value is -3.15. The van der Waals surface area contributed by atoms with Gasteiger partial charge in [0, 0.05) is 34.4 Å². The van der Waals surface area contributed by atoms with Gasteiger partial charge in [-0.15, -0.1) is 0 Å². The number of halogens is 2. The largest absolute Gasteiger partial charge is 0.329 e. The van der Waals surface area contributed by atoms with E-state index in [0.717, 1.165) is 11.1 Å². The van der Waals surface area contributed by atoms with Crippen molar-refractivity contribution in [2.24, 2.45) is 0 Å². The van der Waals surface area contributed by atoms with E-state index in [9.17, 15) is 4.79 Å². The summed E-state index contributed by atoms with van der Waals surface area (Å²) >= 11 is 12.2. The Morgan fingerprint density at radius 1 is 0.931 bits per heavy atom. The Labute approximate surface area is 177 Å². The fraction of sp³-hybridized carbons (Fsp3) is 0.0455. The Morgan fingerprint density at radius 3 is 2.52 bits per heavy atom. The standard InChI is InChI=1S/C22H16Cl2N4O/c1-28(20-18-11-10-15(23)12-19(18)26-22(24)27-20)17-9-5-8-16(13-17)25-21(29)14-6-3-2-4-7-14/h2-13H,1H3,(H,25,29). The summed E-state index contributed by atoms with van der Waals surface area (Å²) in [4.78, 5) is 23.0. The first-order chi connectivity index (χ1) is 14.0. The molecular weight excluding hydrogens is 407 g/mol. The number of hydrogen-bond acceptors (Lipinski definition) is 4. The smallest absolute Gasteiger partial charge is 0.255 e. The molecule has 7 heteroatoms. The van der Waals surface area contributed by atoms with E-state index in [1.54, 1.807) is 24.3 Å². The summed E-state index contributed by atoms with van der Waals surface area (Å²) in [5.41, 5.74) is 2.77. The summed E-state index contributed by atoms with van der Waals surface area (Å²) < 4.78 is 0. The summed E-state index contributed by atoms with van der Waals surface area (Å²) in [6, 6.07) is 22.0. The molecule has 3 aromatic carbocycles. The quantitative estimate of drug-likeness (QED) is 0.412. The minimum atomic E-state index is -0.171. The van der Waals surface area contributed by atoms with Crippen molar-refractivity contribution in [3.8, 4) is 0 Å². The first-order valence-electron chi connectivity index (χ1n) is 8.84. The van der Waals surface area contributed by atoms with Crippen LogP contribution in [0.2, 0.25) is 10.3 Å². The van der Waals surface area contributed by atoms with Crippen LogP contribution in [0.4, 0.5) is 17.2 Å². The minimum Gasteiger partial charge on any atom is -0.329 e. The van der Waals surface area contributed by atoms with Gasteiger partial charge >= 0.3 is 0 Å². The summed E-state index contributed by atoms with van der Waals surface area (Å²) in [6.07, 6.45) is 0.